The maximum atomic E-state index is 11.9. The van der Waals surface area contributed by atoms with E-state index in [0.29, 0.717) is 35.6 Å². The van der Waals surface area contributed by atoms with Crippen molar-refractivity contribution in [1.29, 1.82) is 0 Å². The first-order valence-electron chi connectivity index (χ1n) is 6.55. The summed E-state index contributed by atoms with van der Waals surface area (Å²) in [6.45, 7) is 0.784. The van der Waals surface area contributed by atoms with Gasteiger partial charge in [0.05, 0.1) is 26.3 Å². The fraction of sp³-hybridized carbons (Fsp3) is 0.333. The summed E-state index contributed by atoms with van der Waals surface area (Å²) >= 11 is 0. The molecule has 118 valence electrons. The zero-order chi connectivity index (χ0) is 16.1. The number of hydrogen-bond donors (Lipinski definition) is 1. The molecule has 0 aliphatic carbocycles. The van der Waals surface area contributed by atoms with Gasteiger partial charge in [0.15, 0.2) is 11.5 Å². The average Bonchev–Trinajstić information content (AvgIpc) is 2.53. The molecule has 1 aromatic heterocycles. The summed E-state index contributed by atoms with van der Waals surface area (Å²) in [7, 11) is 4.30. The van der Waals surface area contributed by atoms with Gasteiger partial charge in [-0.2, -0.15) is 0 Å². The van der Waals surface area contributed by atoms with E-state index in [0.717, 1.165) is 0 Å². The van der Waals surface area contributed by atoms with Crippen LogP contribution in [0.1, 0.15) is 10.4 Å². The number of esters is 1. The van der Waals surface area contributed by atoms with Crippen LogP contribution in [0.2, 0.25) is 0 Å². The largest absolute Gasteiger partial charge is 0.493 e. The van der Waals surface area contributed by atoms with E-state index in [9.17, 15) is 9.59 Å². The van der Waals surface area contributed by atoms with E-state index < -0.39 is 11.5 Å². The molecule has 0 spiro atoms. The van der Waals surface area contributed by atoms with E-state index in [1.165, 1.54) is 20.3 Å². The molecule has 1 N–H and O–H groups in total. The fourth-order valence-corrected chi connectivity index (χ4v) is 1.98. The summed E-state index contributed by atoms with van der Waals surface area (Å²) in [5, 5.41) is 0.633. The number of H-pyrrole nitrogens is 1. The van der Waals surface area contributed by atoms with Crippen molar-refractivity contribution < 1.29 is 23.7 Å². The van der Waals surface area contributed by atoms with Gasteiger partial charge in [0.25, 0.3) is 5.56 Å². The molecule has 7 nitrogen and oxygen atoms in total. The maximum absolute atomic E-state index is 11.9. The Kier molecular flexibility index (Phi) is 5.00. The number of aromatic nitrogens is 1. The highest BCUT2D eigenvalue weighted by atomic mass is 16.5. The van der Waals surface area contributed by atoms with Gasteiger partial charge in [0, 0.05) is 18.6 Å². The number of aromatic amines is 1. The summed E-state index contributed by atoms with van der Waals surface area (Å²) in [4.78, 5) is 26.1. The molecule has 7 heteroatoms. The third-order valence-corrected chi connectivity index (χ3v) is 3.08. The van der Waals surface area contributed by atoms with Crippen molar-refractivity contribution in [3.05, 3.63) is 34.1 Å². The minimum Gasteiger partial charge on any atom is -0.493 e. The number of benzene rings is 1. The molecule has 0 amide bonds. The molecule has 0 saturated carbocycles. The van der Waals surface area contributed by atoms with Crippen molar-refractivity contribution in [2.45, 2.75) is 0 Å². The first kappa shape index (κ1) is 15.8. The van der Waals surface area contributed by atoms with Crippen molar-refractivity contribution >= 4 is 16.9 Å². The number of carbonyl (C=O) groups is 1. The van der Waals surface area contributed by atoms with Gasteiger partial charge in [-0.25, -0.2) is 4.79 Å². The first-order valence-corrected chi connectivity index (χ1v) is 6.55. The van der Waals surface area contributed by atoms with Crippen molar-refractivity contribution in [2.24, 2.45) is 0 Å². The zero-order valence-electron chi connectivity index (χ0n) is 12.6. The molecule has 0 aliphatic heterocycles. The summed E-state index contributed by atoms with van der Waals surface area (Å²) in [6.07, 6.45) is 0. The number of nitrogens with one attached hydrogen (secondary N) is 1. The first-order chi connectivity index (χ1) is 10.6. The molecule has 0 saturated heterocycles. The van der Waals surface area contributed by atoms with Gasteiger partial charge in [0.1, 0.15) is 12.2 Å². The van der Waals surface area contributed by atoms with Crippen LogP contribution >= 0.6 is 0 Å². The van der Waals surface area contributed by atoms with Gasteiger partial charge < -0.3 is 23.9 Å². The Balaban J connectivity index is 2.50. The second kappa shape index (κ2) is 6.95. The van der Waals surface area contributed by atoms with Crippen LogP contribution in [0.15, 0.2) is 23.0 Å². The Morgan fingerprint density at radius 2 is 1.86 bits per heavy atom. The predicted molar refractivity (Wildman–Crippen MR) is 79.8 cm³/mol. The van der Waals surface area contributed by atoms with Gasteiger partial charge in [0.2, 0.25) is 0 Å². The fourth-order valence-electron chi connectivity index (χ4n) is 1.98. The van der Waals surface area contributed by atoms with Crippen molar-refractivity contribution in [1.82, 2.24) is 4.98 Å². The highest BCUT2D eigenvalue weighted by Gasteiger charge is 2.14. The van der Waals surface area contributed by atoms with Crippen LogP contribution in [-0.2, 0) is 9.47 Å². The molecule has 0 atom stereocenters. The summed E-state index contributed by atoms with van der Waals surface area (Å²) in [6, 6.07) is 4.79. The number of carbonyl (C=O) groups excluding carboxylic acids is 1. The normalized spacial score (nSPS) is 10.5. The lowest BCUT2D eigenvalue weighted by atomic mass is 10.1. The minimum absolute atomic E-state index is 0.0667. The Morgan fingerprint density at radius 1 is 1.09 bits per heavy atom. The molecule has 22 heavy (non-hydrogen) atoms. The molecule has 0 unspecified atom stereocenters. The lowest BCUT2D eigenvalue weighted by molar-refractivity contribution is 0.0599. The molecular weight excluding hydrogens is 290 g/mol. The Labute approximate surface area is 126 Å². The van der Waals surface area contributed by atoms with Crippen LogP contribution < -0.4 is 15.0 Å². The highest BCUT2D eigenvalue weighted by molar-refractivity contribution is 5.94. The van der Waals surface area contributed by atoms with Gasteiger partial charge in [-0.15, -0.1) is 0 Å². The molecule has 0 bridgehead atoms. The Hall–Kier alpha value is -2.54. The van der Waals surface area contributed by atoms with Crippen molar-refractivity contribution in [2.75, 3.05) is 34.5 Å². The molecule has 1 aromatic carbocycles. The third kappa shape index (κ3) is 3.20. The molecule has 0 fully saturated rings. The second-order valence-electron chi connectivity index (χ2n) is 4.44. The van der Waals surface area contributed by atoms with Gasteiger partial charge >= 0.3 is 5.97 Å². The van der Waals surface area contributed by atoms with Crippen molar-refractivity contribution in [3.8, 4) is 11.5 Å². The average molecular weight is 307 g/mol. The SMILES string of the molecule is COCCOc1cc2cc(C(=O)OC)c(=O)[nH]c2cc1OC. The summed E-state index contributed by atoms with van der Waals surface area (Å²) < 4.78 is 20.3. The number of methoxy groups -OCH3 is 3. The second-order valence-corrected chi connectivity index (χ2v) is 4.44. The quantitative estimate of drug-likeness (QED) is 0.640. The monoisotopic (exact) mass is 307 g/mol. The number of rotatable bonds is 6. The zero-order valence-corrected chi connectivity index (χ0v) is 12.6. The maximum Gasteiger partial charge on any atom is 0.343 e. The van der Waals surface area contributed by atoms with Crippen LogP contribution in [-0.4, -0.2) is 45.5 Å². The Bertz CT molecular complexity index is 737. The summed E-state index contributed by atoms with van der Waals surface area (Å²) in [5.41, 5.74) is -0.0499. The number of pyridine rings is 1. The van der Waals surface area contributed by atoms with Crippen LogP contribution in [0.3, 0.4) is 0 Å². The highest BCUT2D eigenvalue weighted by Crippen LogP contribution is 2.31. The smallest absolute Gasteiger partial charge is 0.343 e. The summed E-state index contributed by atoms with van der Waals surface area (Å²) in [5.74, 6) is 0.279. The van der Waals surface area contributed by atoms with Gasteiger partial charge in [-0.1, -0.05) is 0 Å². The van der Waals surface area contributed by atoms with Crippen LogP contribution in [0.5, 0.6) is 11.5 Å². The molecule has 2 aromatic rings. The van der Waals surface area contributed by atoms with Gasteiger partial charge in [-0.05, 0) is 12.1 Å². The van der Waals surface area contributed by atoms with Crippen LogP contribution in [0.25, 0.3) is 10.9 Å². The van der Waals surface area contributed by atoms with E-state index in [4.69, 9.17) is 14.2 Å². The van der Waals surface area contributed by atoms with Gasteiger partial charge in [-0.3, -0.25) is 4.79 Å². The molecule has 1 heterocycles. The van der Waals surface area contributed by atoms with E-state index in [-0.39, 0.29) is 5.56 Å². The molecule has 0 aliphatic rings. The number of fused-ring (bicyclic) bond motifs is 1. The predicted octanol–water partition coefficient (Wildman–Crippen LogP) is 1.35. The van der Waals surface area contributed by atoms with Crippen LogP contribution in [0, 0.1) is 0 Å². The van der Waals surface area contributed by atoms with E-state index in [2.05, 4.69) is 9.72 Å². The van der Waals surface area contributed by atoms with E-state index in [1.807, 2.05) is 0 Å². The number of ether oxygens (including phenoxy) is 4. The topological polar surface area (TPSA) is 86.9 Å². The third-order valence-electron chi connectivity index (χ3n) is 3.08. The molecule has 2 rings (SSSR count). The molecule has 0 radical (unpaired) electrons. The lowest BCUT2D eigenvalue weighted by Gasteiger charge is -2.12. The van der Waals surface area contributed by atoms with Crippen LogP contribution in [0.4, 0.5) is 0 Å². The minimum atomic E-state index is -0.694. The standard InChI is InChI=1S/C15H17NO6/c1-19-4-5-22-13-7-9-6-10(15(18)21-3)14(17)16-11(9)8-12(13)20-2/h6-8H,4-5H2,1-3H3,(H,16,17). The molecular formula is C15H17NO6. The van der Waals surface area contributed by atoms with Crippen molar-refractivity contribution in [3.63, 3.8) is 0 Å². The Morgan fingerprint density at radius 3 is 2.50 bits per heavy atom. The lowest BCUT2D eigenvalue weighted by Crippen LogP contribution is -2.18. The van der Waals surface area contributed by atoms with E-state index >= 15 is 0 Å². The van der Waals surface area contributed by atoms with E-state index in [1.54, 1.807) is 19.2 Å². The number of hydrogen-bond acceptors (Lipinski definition) is 6.